The zero-order valence-corrected chi connectivity index (χ0v) is 32.4. The van der Waals surface area contributed by atoms with Gasteiger partial charge in [-0.05, 0) is 123 Å². The average molecular weight is 697 g/mol. The molecule has 4 aromatic heterocycles. The Hall–Kier alpha value is -5.06. The summed E-state index contributed by atoms with van der Waals surface area (Å²) in [6.07, 6.45) is 5.86. The molecule has 1 unspecified atom stereocenters. The van der Waals surface area contributed by atoms with Crippen LogP contribution in [-0.4, -0.2) is 0 Å². The third kappa shape index (κ3) is 4.13. The number of aromatic nitrogens is 2. The predicted molar refractivity (Wildman–Crippen MR) is 215 cm³/mol. The highest BCUT2D eigenvalue weighted by Gasteiger charge is 2.67. The van der Waals surface area contributed by atoms with Gasteiger partial charge < -0.3 is 4.42 Å². The van der Waals surface area contributed by atoms with Gasteiger partial charge >= 0.3 is 5.66 Å². The van der Waals surface area contributed by atoms with Crippen LogP contribution in [0.2, 0.25) is 0 Å². The fraction of sp³-hybridized carbons (Fsp3) is 0.250. The van der Waals surface area contributed by atoms with Crippen LogP contribution in [0.25, 0.3) is 65.7 Å². The van der Waals surface area contributed by atoms with E-state index in [-0.39, 0.29) is 5.41 Å². The van der Waals surface area contributed by atoms with Crippen LogP contribution in [0.3, 0.4) is 0 Å². The number of furan rings is 1. The van der Waals surface area contributed by atoms with Crippen LogP contribution in [0, 0.1) is 47.0 Å². The van der Waals surface area contributed by atoms with Gasteiger partial charge in [-0.3, -0.25) is 0 Å². The fourth-order valence-electron chi connectivity index (χ4n) is 9.48. The molecule has 0 fully saturated rings. The van der Waals surface area contributed by atoms with Crippen molar-refractivity contribution in [2.24, 2.45) is 5.41 Å². The molecule has 2 aliphatic rings. The van der Waals surface area contributed by atoms with Gasteiger partial charge in [-0.1, -0.05) is 56.7 Å². The molecule has 10 rings (SSSR count). The van der Waals surface area contributed by atoms with Crippen molar-refractivity contribution in [3.05, 3.63) is 141 Å². The summed E-state index contributed by atoms with van der Waals surface area (Å²) in [4.78, 5) is 1.30. The Bertz CT molecular complexity index is 2860. The van der Waals surface area contributed by atoms with Gasteiger partial charge in [0.1, 0.15) is 22.3 Å². The molecule has 0 saturated heterocycles. The molecule has 52 heavy (non-hydrogen) atoms. The van der Waals surface area contributed by atoms with Crippen LogP contribution in [0.1, 0.15) is 70.2 Å². The van der Waals surface area contributed by atoms with Crippen molar-refractivity contribution in [1.29, 1.82) is 0 Å². The number of hydrogen-bond donors (Lipinski definition) is 0. The molecular formula is C48H44N2OS+2. The second-order valence-electron chi connectivity index (χ2n) is 16.8. The number of pyridine rings is 2. The van der Waals surface area contributed by atoms with E-state index in [1.807, 2.05) is 11.3 Å². The van der Waals surface area contributed by atoms with E-state index in [1.54, 1.807) is 0 Å². The maximum Gasteiger partial charge on any atom is 0.417 e. The van der Waals surface area contributed by atoms with E-state index in [2.05, 4.69) is 163 Å². The van der Waals surface area contributed by atoms with Crippen molar-refractivity contribution >= 4 is 43.4 Å². The van der Waals surface area contributed by atoms with Crippen LogP contribution >= 0.6 is 11.3 Å². The number of nitrogens with zero attached hydrogens (tertiary/aromatic N) is 2. The van der Waals surface area contributed by atoms with Crippen molar-refractivity contribution in [3.8, 4) is 33.6 Å². The molecule has 0 saturated carbocycles. The fourth-order valence-corrected chi connectivity index (χ4v) is 10.5. The lowest BCUT2D eigenvalue weighted by atomic mass is 9.83. The van der Waals surface area contributed by atoms with Crippen LogP contribution in [-0.2, 0) is 12.1 Å². The van der Waals surface area contributed by atoms with E-state index in [0.29, 0.717) is 0 Å². The lowest BCUT2D eigenvalue weighted by Gasteiger charge is -2.23. The lowest BCUT2D eigenvalue weighted by Crippen LogP contribution is -2.71. The largest absolute Gasteiger partial charge is 0.454 e. The monoisotopic (exact) mass is 696 g/mol. The predicted octanol–water partition coefficient (Wildman–Crippen LogP) is 11.7. The Labute approximate surface area is 309 Å². The highest BCUT2D eigenvalue weighted by atomic mass is 32.1. The summed E-state index contributed by atoms with van der Waals surface area (Å²) in [6, 6.07) is 30.2. The molecule has 1 spiro atoms. The number of hydrogen-bond acceptors (Lipinski definition) is 2. The van der Waals surface area contributed by atoms with E-state index in [0.717, 1.165) is 17.6 Å². The van der Waals surface area contributed by atoms with Crippen molar-refractivity contribution in [2.75, 3.05) is 0 Å². The molecule has 2 aliphatic heterocycles. The van der Waals surface area contributed by atoms with E-state index >= 15 is 0 Å². The molecule has 3 nitrogen and oxygen atoms in total. The number of thiophene rings is 1. The Morgan fingerprint density at radius 1 is 0.635 bits per heavy atom. The second kappa shape index (κ2) is 10.5. The summed E-state index contributed by atoms with van der Waals surface area (Å²) >= 11 is 1.83. The molecule has 0 amide bonds. The Morgan fingerprint density at radius 2 is 1.37 bits per heavy atom. The quantitative estimate of drug-likeness (QED) is 0.165. The number of fused-ring (bicyclic) bond motifs is 16. The first kappa shape index (κ1) is 31.7. The lowest BCUT2D eigenvalue weighted by molar-refractivity contribution is -0.955. The first-order valence-electron chi connectivity index (χ1n) is 18.5. The normalized spacial score (nSPS) is 15.9. The zero-order valence-electron chi connectivity index (χ0n) is 31.6. The highest BCUT2D eigenvalue weighted by molar-refractivity contribution is 7.20. The van der Waals surface area contributed by atoms with Gasteiger partial charge in [-0.2, -0.15) is 0 Å². The van der Waals surface area contributed by atoms with Crippen molar-refractivity contribution in [3.63, 3.8) is 0 Å². The van der Waals surface area contributed by atoms with Gasteiger partial charge in [0, 0.05) is 38.9 Å². The number of rotatable bonds is 2. The molecule has 8 aromatic rings. The summed E-state index contributed by atoms with van der Waals surface area (Å²) in [6.45, 7) is 20.5. The Balaban J connectivity index is 1.43. The summed E-state index contributed by atoms with van der Waals surface area (Å²) in [7, 11) is 0. The third-order valence-electron chi connectivity index (χ3n) is 11.8. The summed E-state index contributed by atoms with van der Waals surface area (Å²) < 4.78 is 13.6. The van der Waals surface area contributed by atoms with Crippen LogP contribution in [0.5, 0.6) is 0 Å². The molecule has 1 atom stereocenters. The van der Waals surface area contributed by atoms with Gasteiger partial charge in [0.05, 0.1) is 10.3 Å². The molecule has 4 aromatic carbocycles. The number of benzene rings is 4. The summed E-state index contributed by atoms with van der Waals surface area (Å²) in [5, 5.41) is 3.60. The minimum atomic E-state index is -0.631. The maximum absolute atomic E-state index is 7.22. The minimum absolute atomic E-state index is 0.0812. The Kier molecular flexibility index (Phi) is 6.40. The first-order chi connectivity index (χ1) is 24.8. The molecule has 0 bridgehead atoms. The van der Waals surface area contributed by atoms with Crippen molar-refractivity contribution in [2.45, 2.75) is 74.4 Å². The van der Waals surface area contributed by atoms with Crippen molar-refractivity contribution in [1.82, 2.24) is 0 Å². The topological polar surface area (TPSA) is 20.9 Å². The molecule has 256 valence electrons. The third-order valence-corrected chi connectivity index (χ3v) is 12.8. The minimum Gasteiger partial charge on any atom is -0.454 e. The van der Waals surface area contributed by atoms with Gasteiger partial charge in [0.25, 0.3) is 0 Å². The average Bonchev–Trinajstić information content (AvgIpc) is 3.80. The van der Waals surface area contributed by atoms with E-state index in [1.165, 1.54) is 104 Å². The van der Waals surface area contributed by atoms with E-state index in [4.69, 9.17) is 4.42 Å². The first-order valence-corrected chi connectivity index (χ1v) is 19.4. The summed E-state index contributed by atoms with van der Waals surface area (Å²) in [5.41, 5.74) is 19.4. The maximum atomic E-state index is 7.22. The standard InChI is InChI=1S/C48H44N2OS/c1-26-13-15-36-39(19-26)48(49-24-30(5)29(4)20-40(36)49)38-18-17-34-35-16-14-32-21-31(6)52-46(32)45(35)51-44(34)43(38)41-22-37(42-27(2)11-10-12-28(42)3)33(25-50(41)48)23-47(7,8)9/h10-22,24-25H,23H2,1-9H3/q+2. The van der Waals surface area contributed by atoms with Gasteiger partial charge in [0.2, 0.25) is 11.4 Å². The highest BCUT2D eigenvalue weighted by Crippen LogP contribution is 2.52. The van der Waals surface area contributed by atoms with E-state index in [9.17, 15) is 0 Å². The van der Waals surface area contributed by atoms with Gasteiger partial charge in [-0.25, -0.2) is 0 Å². The van der Waals surface area contributed by atoms with Crippen LogP contribution < -0.4 is 9.13 Å². The summed E-state index contributed by atoms with van der Waals surface area (Å²) in [5.74, 6) is 0. The van der Waals surface area contributed by atoms with Gasteiger partial charge in [-0.15, -0.1) is 20.5 Å². The van der Waals surface area contributed by atoms with Gasteiger partial charge in [0.15, 0.2) is 18.0 Å². The SMILES string of the molecule is Cc1ccc2c(c1)C1(c3ccc4c(oc5c4ccc4cc(C)sc45)c3-c3cc(-c4c(C)cccc4C)c(CC(C)(C)C)c[n+]31)[n+]1cc(C)c(C)cc1-2. The molecule has 0 radical (unpaired) electrons. The smallest absolute Gasteiger partial charge is 0.417 e. The Morgan fingerprint density at radius 3 is 2.13 bits per heavy atom. The van der Waals surface area contributed by atoms with Crippen LogP contribution in [0.4, 0.5) is 0 Å². The van der Waals surface area contributed by atoms with Crippen molar-refractivity contribution < 1.29 is 13.6 Å². The second-order valence-corrected chi connectivity index (χ2v) is 18.0. The molecule has 0 aliphatic carbocycles. The molecule has 6 heterocycles. The van der Waals surface area contributed by atoms with Crippen LogP contribution in [0.15, 0.2) is 95.7 Å². The molecule has 0 N–H and O–H groups in total. The zero-order chi connectivity index (χ0) is 36.0. The molecule has 4 heteroatoms. The van der Waals surface area contributed by atoms with E-state index < -0.39 is 5.66 Å². The number of aryl methyl sites for hydroxylation is 6. The molecular weight excluding hydrogens is 653 g/mol.